The molecular formula is C15H20O2S. The van der Waals surface area contributed by atoms with Crippen molar-refractivity contribution < 1.29 is 9.59 Å². The molecule has 0 saturated heterocycles. The molecule has 0 atom stereocenters. The van der Waals surface area contributed by atoms with E-state index in [0.717, 1.165) is 10.5 Å². The number of ketones is 2. The Hall–Kier alpha value is -1.09. The van der Waals surface area contributed by atoms with Crippen molar-refractivity contribution in [1.29, 1.82) is 0 Å². The molecule has 2 nitrogen and oxygen atoms in total. The Labute approximate surface area is 113 Å². The third-order valence-corrected chi connectivity index (χ3v) is 3.65. The van der Waals surface area contributed by atoms with Crippen molar-refractivity contribution >= 4 is 23.3 Å². The van der Waals surface area contributed by atoms with Crippen molar-refractivity contribution in [2.45, 2.75) is 50.2 Å². The lowest BCUT2D eigenvalue weighted by molar-refractivity contribution is -0.117. The van der Waals surface area contributed by atoms with Crippen LogP contribution in [0, 0.1) is 0 Å². The number of carbonyl (C=O) groups is 2. The van der Waals surface area contributed by atoms with Gasteiger partial charge in [-0.25, -0.2) is 0 Å². The first-order valence-electron chi connectivity index (χ1n) is 6.05. The van der Waals surface area contributed by atoms with Gasteiger partial charge < -0.3 is 0 Å². The van der Waals surface area contributed by atoms with Crippen LogP contribution in [-0.2, 0) is 16.0 Å². The van der Waals surface area contributed by atoms with E-state index in [2.05, 4.69) is 13.8 Å². The summed E-state index contributed by atoms with van der Waals surface area (Å²) in [6, 6.07) is 8.00. The second-order valence-electron chi connectivity index (χ2n) is 5.26. The molecule has 0 N–H and O–H groups in total. The van der Waals surface area contributed by atoms with E-state index in [-0.39, 0.29) is 16.3 Å². The van der Waals surface area contributed by atoms with Crippen molar-refractivity contribution in [3.8, 4) is 0 Å². The molecule has 1 aromatic rings. The molecule has 1 rings (SSSR count). The Morgan fingerprint density at radius 1 is 1.06 bits per heavy atom. The quantitative estimate of drug-likeness (QED) is 0.735. The zero-order chi connectivity index (χ0) is 13.8. The van der Waals surface area contributed by atoms with Crippen LogP contribution in [0.5, 0.6) is 0 Å². The Morgan fingerprint density at radius 3 is 2.06 bits per heavy atom. The number of benzene rings is 1. The van der Waals surface area contributed by atoms with Gasteiger partial charge in [-0.1, -0.05) is 12.1 Å². The van der Waals surface area contributed by atoms with Crippen LogP contribution in [0.25, 0.3) is 0 Å². The van der Waals surface area contributed by atoms with Crippen LogP contribution >= 0.6 is 11.8 Å². The molecule has 0 saturated carbocycles. The summed E-state index contributed by atoms with van der Waals surface area (Å²) >= 11 is 1.70. The lowest BCUT2D eigenvalue weighted by Crippen LogP contribution is -2.18. The van der Waals surface area contributed by atoms with E-state index in [1.54, 1.807) is 25.6 Å². The summed E-state index contributed by atoms with van der Waals surface area (Å²) in [4.78, 5) is 23.3. The highest BCUT2D eigenvalue weighted by atomic mass is 32.2. The van der Waals surface area contributed by atoms with Crippen LogP contribution in [-0.4, -0.2) is 16.3 Å². The number of carbonyl (C=O) groups excluding carboxylic acids is 2. The molecule has 98 valence electrons. The van der Waals surface area contributed by atoms with Gasteiger partial charge in [0.05, 0.1) is 0 Å². The van der Waals surface area contributed by atoms with E-state index in [9.17, 15) is 9.59 Å². The largest absolute Gasteiger partial charge is 0.300 e. The van der Waals surface area contributed by atoms with Gasteiger partial charge in [-0.05, 0) is 45.4 Å². The molecule has 0 heterocycles. The molecule has 18 heavy (non-hydrogen) atoms. The molecule has 0 unspecified atom stereocenters. The predicted molar refractivity (Wildman–Crippen MR) is 76.1 cm³/mol. The minimum Gasteiger partial charge on any atom is -0.300 e. The van der Waals surface area contributed by atoms with Crippen molar-refractivity contribution in [3.63, 3.8) is 0 Å². The minimum atomic E-state index is -0.0894. The molecule has 0 aliphatic rings. The van der Waals surface area contributed by atoms with Gasteiger partial charge in [0.25, 0.3) is 0 Å². The van der Waals surface area contributed by atoms with E-state index >= 15 is 0 Å². The van der Waals surface area contributed by atoms with Crippen molar-refractivity contribution in [2.75, 3.05) is 0 Å². The van der Waals surface area contributed by atoms with Crippen LogP contribution in [0.1, 0.15) is 39.7 Å². The van der Waals surface area contributed by atoms with Gasteiger partial charge in [0, 0.05) is 22.5 Å². The molecule has 0 aliphatic heterocycles. The molecular weight excluding hydrogens is 244 g/mol. The SMILES string of the molecule is CC(=O)Cc1ccc(SC(C)(C)CC(C)=O)cc1. The van der Waals surface area contributed by atoms with E-state index in [1.165, 1.54) is 0 Å². The Kier molecular flexibility index (Phi) is 5.15. The van der Waals surface area contributed by atoms with Gasteiger partial charge in [-0.3, -0.25) is 9.59 Å². The maximum absolute atomic E-state index is 11.2. The molecule has 0 spiro atoms. The van der Waals surface area contributed by atoms with Crippen molar-refractivity contribution in [1.82, 2.24) is 0 Å². The summed E-state index contributed by atoms with van der Waals surface area (Å²) in [6.07, 6.45) is 1.05. The molecule has 0 bridgehead atoms. The normalized spacial score (nSPS) is 11.3. The smallest absolute Gasteiger partial charge is 0.134 e. The summed E-state index contributed by atoms with van der Waals surface area (Å²) in [5.74, 6) is 0.382. The van der Waals surface area contributed by atoms with Gasteiger partial charge in [0.2, 0.25) is 0 Å². The van der Waals surface area contributed by atoms with Gasteiger partial charge in [-0.15, -0.1) is 11.8 Å². The maximum atomic E-state index is 11.2. The molecule has 3 heteroatoms. The fourth-order valence-corrected chi connectivity index (χ4v) is 3.10. The average Bonchev–Trinajstić information content (AvgIpc) is 2.17. The molecule has 0 radical (unpaired) electrons. The Morgan fingerprint density at radius 2 is 1.61 bits per heavy atom. The van der Waals surface area contributed by atoms with Crippen LogP contribution in [0.4, 0.5) is 0 Å². The fraction of sp³-hybridized carbons (Fsp3) is 0.467. The molecule has 0 fully saturated rings. The Balaban J connectivity index is 2.68. The molecule has 0 amide bonds. The number of hydrogen-bond donors (Lipinski definition) is 0. The second kappa shape index (κ2) is 6.19. The number of Topliss-reactive ketones (excluding diaryl/α,β-unsaturated/α-hetero) is 2. The lowest BCUT2D eigenvalue weighted by atomic mass is 10.1. The lowest BCUT2D eigenvalue weighted by Gasteiger charge is -2.22. The maximum Gasteiger partial charge on any atom is 0.134 e. The summed E-state index contributed by atoms with van der Waals surface area (Å²) in [5, 5.41) is 0. The van der Waals surface area contributed by atoms with Crippen LogP contribution in [0.15, 0.2) is 29.2 Å². The third kappa shape index (κ3) is 5.50. The second-order valence-corrected chi connectivity index (χ2v) is 7.04. The predicted octanol–water partition coefficient (Wildman–Crippen LogP) is 3.67. The van der Waals surface area contributed by atoms with E-state index < -0.39 is 0 Å². The first-order valence-corrected chi connectivity index (χ1v) is 6.87. The highest BCUT2D eigenvalue weighted by Gasteiger charge is 2.21. The average molecular weight is 264 g/mol. The standard InChI is InChI=1S/C15H20O2S/c1-11(16)9-13-5-7-14(8-6-13)18-15(3,4)10-12(2)17/h5-8H,9-10H2,1-4H3. The Bertz CT molecular complexity index is 432. The van der Waals surface area contributed by atoms with E-state index in [1.807, 2.05) is 24.3 Å². The zero-order valence-electron chi connectivity index (χ0n) is 11.4. The van der Waals surface area contributed by atoms with Crippen molar-refractivity contribution in [2.24, 2.45) is 0 Å². The summed E-state index contributed by atoms with van der Waals surface area (Å²) in [5.41, 5.74) is 1.04. The number of rotatable bonds is 6. The monoisotopic (exact) mass is 264 g/mol. The van der Waals surface area contributed by atoms with E-state index in [0.29, 0.717) is 12.8 Å². The van der Waals surface area contributed by atoms with Crippen LogP contribution in [0.3, 0.4) is 0 Å². The van der Waals surface area contributed by atoms with Gasteiger partial charge in [-0.2, -0.15) is 0 Å². The van der Waals surface area contributed by atoms with Crippen molar-refractivity contribution in [3.05, 3.63) is 29.8 Å². The minimum absolute atomic E-state index is 0.0894. The highest BCUT2D eigenvalue weighted by Crippen LogP contribution is 2.35. The highest BCUT2D eigenvalue weighted by molar-refractivity contribution is 8.00. The van der Waals surface area contributed by atoms with Gasteiger partial charge in [0.1, 0.15) is 11.6 Å². The first-order chi connectivity index (χ1) is 8.28. The molecule has 0 aromatic heterocycles. The van der Waals surface area contributed by atoms with Crippen LogP contribution < -0.4 is 0 Å². The topological polar surface area (TPSA) is 34.1 Å². The number of thioether (sulfide) groups is 1. The molecule has 0 aliphatic carbocycles. The first kappa shape index (κ1) is 15.0. The summed E-state index contributed by atoms with van der Waals surface area (Å²) in [7, 11) is 0. The zero-order valence-corrected chi connectivity index (χ0v) is 12.3. The summed E-state index contributed by atoms with van der Waals surface area (Å²) < 4.78 is -0.0894. The number of hydrogen-bond acceptors (Lipinski definition) is 3. The van der Waals surface area contributed by atoms with Gasteiger partial charge in [0.15, 0.2) is 0 Å². The third-order valence-electron chi connectivity index (χ3n) is 2.45. The molecule has 1 aromatic carbocycles. The van der Waals surface area contributed by atoms with Gasteiger partial charge >= 0.3 is 0 Å². The fourth-order valence-electron chi connectivity index (χ4n) is 1.92. The van der Waals surface area contributed by atoms with Crippen LogP contribution in [0.2, 0.25) is 0 Å². The van der Waals surface area contributed by atoms with E-state index in [4.69, 9.17) is 0 Å². The summed E-state index contributed by atoms with van der Waals surface area (Å²) in [6.45, 7) is 7.36.